The molecule has 3 heteroatoms. The summed E-state index contributed by atoms with van der Waals surface area (Å²) < 4.78 is 0. The van der Waals surface area contributed by atoms with Gasteiger partial charge >= 0.3 is 0 Å². The predicted octanol–water partition coefficient (Wildman–Crippen LogP) is 1.79. The first-order valence-electron chi connectivity index (χ1n) is 7.92. The van der Waals surface area contributed by atoms with Crippen LogP contribution in [0.25, 0.3) is 0 Å². The van der Waals surface area contributed by atoms with Gasteiger partial charge < -0.3 is 10.2 Å². The van der Waals surface area contributed by atoms with Crippen LogP contribution in [0.4, 0.5) is 0 Å². The fourth-order valence-corrected chi connectivity index (χ4v) is 3.75. The normalized spacial score (nSPS) is 35.8. The molecule has 0 aromatic rings. The molecule has 1 saturated carbocycles. The number of piperazine rings is 1. The maximum atomic E-state index is 3.57. The Balaban J connectivity index is 1.91. The molecule has 3 atom stereocenters. The van der Waals surface area contributed by atoms with Gasteiger partial charge in [0.2, 0.25) is 0 Å². The van der Waals surface area contributed by atoms with E-state index in [-0.39, 0.29) is 0 Å². The van der Waals surface area contributed by atoms with Gasteiger partial charge in [0.1, 0.15) is 0 Å². The molecule has 0 spiro atoms. The van der Waals surface area contributed by atoms with E-state index in [0.717, 1.165) is 18.0 Å². The van der Waals surface area contributed by atoms with E-state index in [9.17, 15) is 0 Å². The number of nitrogens with zero attached hydrogens (tertiary/aromatic N) is 2. The number of hydrogen-bond donors (Lipinski definition) is 1. The molecule has 0 radical (unpaired) electrons. The van der Waals surface area contributed by atoms with Crippen molar-refractivity contribution in [3.63, 3.8) is 0 Å². The summed E-state index contributed by atoms with van der Waals surface area (Å²) in [6.45, 7) is 10.9. The molecular weight excluding hydrogens is 222 g/mol. The summed E-state index contributed by atoms with van der Waals surface area (Å²) in [7, 11) is 2.15. The maximum Gasteiger partial charge on any atom is 0.0252 e. The molecule has 2 aliphatic rings. The van der Waals surface area contributed by atoms with E-state index in [1.807, 2.05) is 0 Å². The van der Waals surface area contributed by atoms with Crippen molar-refractivity contribution in [3.05, 3.63) is 0 Å². The summed E-state index contributed by atoms with van der Waals surface area (Å²) in [4.78, 5) is 5.33. The molecule has 3 nitrogen and oxygen atoms in total. The Morgan fingerprint density at radius 2 is 1.78 bits per heavy atom. The van der Waals surface area contributed by atoms with E-state index in [4.69, 9.17) is 0 Å². The van der Waals surface area contributed by atoms with Gasteiger partial charge in [-0.05, 0) is 38.8 Å². The average molecular weight is 253 g/mol. The molecule has 18 heavy (non-hydrogen) atoms. The van der Waals surface area contributed by atoms with Crippen LogP contribution in [0.15, 0.2) is 0 Å². The second-order valence-electron chi connectivity index (χ2n) is 6.02. The first-order valence-corrected chi connectivity index (χ1v) is 7.92. The zero-order valence-corrected chi connectivity index (χ0v) is 12.5. The zero-order chi connectivity index (χ0) is 13.0. The summed E-state index contributed by atoms with van der Waals surface area (Å²) in [5.41, 5.74) is 0. The van der Waals surface area contributed by atoms with Gasteiger partial charge in [0.25, 0.3) is 0 Å². The van der Waals surface area contributed by atoms with Crippen LogP contribution >= 0.6 is 0 Å². The first kappa shape index (κ1) is 14.3. The van der Waals surface area contributed by atoms with Gasteiger partial charge in [-0.3, -0.25) is 4.90 Å². The van der Waals surface area contributed by atoms with E-state index in [1.165, 1.54) is 58.4 Å². The van der Waals surface area contributed by atoms with Crippen molar-refractivity contribution in [1.82, 2.24) is 15.1 Å². The summed E-state index contributed by atoms with van der Waals surface area (Å²) in [5.74, 6) is 0.962. The summed E-state index contributed by atoms with van der Waals surface area (Å²) in [6.07, 6.45) is 5.57. The van der Waals surface area contributed by atoms with Gasteiger partial charge in [0.15, 0.2) is 0 Å². The highest BCUT2D eigenvalue weighted by Crippen LogP contribution is 2.30. The minimum absolute atomic E-state index is 0.723. The maximum absolute atomic E-state index is 3.57. The van der Waals surface area contributed by atoms with E-state index in [0.29, 0.717) is 0 Å². The molecule has 0 aromatic heterocycles. The number of hydrogen-bond acceptors (Lipinski definition) is 3. The molecular formula is C15H31N3. The molecule has 2 fully saturated rings. The van der Waals surface area contributed by atoms with E-state index in [1.54, 1.807) is 0 Å². The lowest BCUT2D eigenvalue weighted by molar-refractivity contribution is 0.0507. The Hall–Kier alpha value is -0.120. The smallest absolute Gasteiger partial charge is 0.0252 e. The third-order valence-corrected chi connectivity index (χ3v) is 5.20. The fraction of sp³-hybridized carbons (Fsp3) is 1.00. The molecule has 0 bridgehead atoms. The number of nitrogens with one attached hydrogen (secondary N) is 1. The molecule has 1 saturated heterocycles. The SMILES string of the molecule is CCC1CCC(NC)C(N2CCN(CC)CC2)C1. The Morgan fingerprint density at radius 3 is 2.33 bits per heavy atom. The fourth-order valence-electron chi connectivity index (χ4n) is 3.75. The summed E-state index contributed by atoms with van der Waals surface area (Å²) >= 11 is 0. The molecule has 1 heterocycles. The van der Waals surface area contributed by atoms with Gasteiger partial charge in [-0.2, -0.15) is 0 Å². The average Bonchev–Trinajstić information content (AvgIpc) is 2.46. The van der Waals surface area contributed by atoms with Crippen LogP contribution in [-0.4, -0.2) is 61.7 Å². The van der Waals surface area contributed by atoms with E-state index >= 15 is 0 Å². The van der Waals surface area contributed by atoms with Crippen LogP contribution in [0.1, 0.15) is 39.5 Å². The number of rotatable bonds is 4. The van der Waals surface area contributed by atoms with Crippen LogP contribution < -0.4 is 5.32 Å². The molecule has 2 rings (SSSR count). The Morgan fingerprint density at radius 1 is 1.06 bits per heavy atom. The molecule has 1 aliphatic heterocycles. The Bertz CT molecular complexity index is 236. The van der Waals surface area contributed by atoms with Crippen molar-refractivity contribution < 1.29 is 0 Å². The molecule has 1 N–H and O–H groups in total. The van der Waals surface area contributed by atoms with Crippen LogP contribution in [0.3, 0.4) is 0 Å². The molecule has 106 valence electrons. The van der Waals surface area contributed by atoms with Crippen LogP contribution in [0.2, 0.25) is 0 Å². The van der Waals surface area contributed by atoms with Gasteiger partial charge in [0, 0.05) is 38.3 Å². The second kappa shape index (κ2) is 6.88. The van der Waals surface area contributed by atoms with Crippen molar-refractivity contribution >= 4 is 0 Å². The Kier molecular flexibility index (Phi) is 5.46. The highest BCUT2D eigenvalue weighted by molar-refractivity contribution is 4.92. The number of likely N-dealkylation sites (N-methyl/N-ethyl adjacent to an activating group) is 2. The largest absolute Gasteiger partial charge is 0.315 e. The third-order valence-electron chi connectivity index (χ3n) is 5.20. The van der Waals surface area contributed by atoms with Gasteiger partial charge in [-0.15, -0.1) is 0 Å². The summed E-state index contributed by atoms with van der Waals surface area (Å²) in [6, 6.07) is 1.51. The van der Waals surface area contributed by atoms with E-state index in [2.05, 4.69) is 36.0 Å². The lowest BCUT2D eigenvalue weighted by Crippen LogP contribution is -2.57. The minimum atomic E-state index is 0.723. The van der Waals surface area contributed by atoms with Crippen molar-refractivity contribution in [2.24, 2.45) is 5.92 Å². The predicted molar refractivity (Wildman–Crippen MR) is 78.0 cm³/mol. The molecule has 0 aromatic carbocycles. The lowest BCUT2D eigenvalue weighted by atomic mass is 9.80. The van der Waals surface area contributed by atoms with E-state index < -0.39 is 0 Å². The monoisotopic (exact) mass is 253 g/mol. The van der Waals surface area contributed by atoms with Crippen LogP contribution in [0.5, 0.6) is 0 Å². The van der Waals surface area contributed by atoms with Crippen molar-refractivity contribution in [2.45, 2.75) is 51.6 Å². The van der Waals surface area contributed by atoms with Crippen molar-refractivity contribution in [1.29, 1.82) is 0 Å². The molecule has 3 unspecified atom stereocenters. The van der Waals surface area contributed by atoms with Crippen LogP contribution in [0, 0.1) is 5.92 Å². The van der Waals surface area contributed by atoms with Crippen molar-refractivity contribution in [2.75, 3.05) is 39.8 Å². The lowest BCUT2D eigenvalue weighted by Gasteiger charge is -2.46. The zero-order valence-electron chi connectivity index (χ0n) is 12.5. The second-order valence-corrected chi connectivity index (χ2v) is 6.02. The summed E-state index contributed by atoms with van der Waals surface area (Å²) in [5, 5.41) is 3.57. The van der Waals surface area contributed by atoms with Crippen molar-refractivity contribution in [3.8, 4) is 0 Å². The van der Waals surface area contributed by atoms with Gasteiger partial charge in [-0.1, -0.05) is 20.3 Å². The minimum Gasteiger partial charge on any atom is -0.315 e. The topological polar surface area (TPSA) is 18.5 Å². The Labute approximate surface area is 113 Å². The van der Waals surface area contributed by atoms with Gasteiger partial charge in [0.05, 0.1) is 0 Å². The first-order chi connectivity index (χ1) is 8.78. The molecule has 0 amide bonds. The van der Waals surface area contributed by atoms with Crippen LogP contribution in [-0.2, 0) is 0 Å². The van der Waals surface area contributed by atoms with Gasteiger partial charge in [-0.25, -0.2) is 0 Å². The highest BCUT2D eigenvalue weighted by atomic mass is 15.3. The standard InChI is InChI=1S/C15H31N3/c1-4-13-6-7-14(16-3)15(12-13)18-10-8-17(5-2)9-11-18/h13-16H,4-12H2,1-3H3. The molecule has 1 aliphatic carbocycles. The third kappa shape index (κ3) is 3.25. The quantitative estimate of drug-likeness (QED) is 0.824. The highest BCUT2D eigenvalue weighted by Gasteiger charge is 2.34.